The molecule has 1 N–H and O–H groups in total. The molecule has 2 aromatic carbocycles. The summed E-state index contributed by atoms with van der Waals surface area (Å²) in [5.74, 6) is 0.846. The van der Waals surface area contributed by atoms with Crippen LogP contribution in [-0.4, -0.2) is 25.8 Å². The van der Waals surface area contributed by atoms with Crippen molar-refractivity contribution in [2.75, 3.05) is 13.7 Å². The Balaban J connectivity index is 1.85. The van der Waals surface area contributed by atoms with Gasteiger partial charge >= 0.3 is 0 Å². The highest BCUT2D eigenvalue weighted by molar-refractivity contribution is 6.32. The Morgan fingerprint density at radius 1 is 1.26 bits per heavy atom. The second-order valence-electron chi connectivity index (χ2n) is 4.74. The van der Waals surface area contributed by atoms with E-state index in [1.54, 1.807) is 31.4 Å². The Labute approximate surface area is 139 Å². The average molecular weight is 333 g/mol. The zero-order chi connectivity index (χ0) is 16.7. The van der Waals surface area contributed by atoms with E-state index in [4.69, 9.17) is 21.1 Å². The maximum atomic E-state index is 11.7. The van der Waals surface area contributed by atoms with E-state index in [0.29, 0.717) is 10.8 Å². The van der Waals surface area contributed by atoms with Crippen LogP contribution >= 0.6 is 11.6 Å². The van der Waals surface area contributed by atoms with Crippen LogP contribution in [0.2, 0.25) is 5.02 Å². The van der Waals surface area contributed by atoms with Crippen LogP contribution in [-0.2, 0) is 4.79 Å². The molecule has 0 radical (unpaired) electrons. The van der Waals surface area contributed by atoms with Crippen molar-refractivity contribution < 1.29 is 14.3 Å². The normalized spacial score (nSPS) is 10.6. The number of nitrogens with zero attached hydrogens (tertiary/aromatic N) is 1. The summed E-state index contributed by atoms with van der Waals surface area (Å²) in [6.07, 6.45) is 1.54. The SMILES string of the molecule is COc1cc(/C=N\NC(=O)COc2ccccc2Cl)ccc1C. The van der Waals surface area contributed by atoms with E-state index in [2.05, 4.69) is 10.5 Å². The summed E-state index contributed by atoms with van der Waals surface area (Å²) < 4.78 is 10.5. The van der Waals surface area contributed by atoms with Crippen LogP contribution < -0.4 is 14.9 Å². The molecule has 120 valence electrons. The van der Waals surface area contributed by atoms with Crippen LogP contribution in [0, 0.1) is 6.92 Å². The van der Waals surface area contributed by atoms with Crippen molar-refractivity contribution >= 4 is 23.7 Å². The molecule has 0 atom stereocenters. The summed E-state index contributed by atoms with van der Waals surface area (Å²) in [4.78, 5) is 11.7. The van der Waals surface area contributed by atoms with Gasteiger partial charge in [-0.05, 0) is 36.2 Å². The number of amides is 1. The standard InChI is InChI=1S/C17H17ClN2O3/c1-12-7-8-13(9-16(12)22-2)10-19-20-17(21)11-23-15-6-4-3-5-14(15)18/h3-10H,11H2,1-2H3,(H,20,21)/b19-10-. The molecule has 1 amide bonds. The van der Waals surface area contributed by atoms with Gasteiger partial charge in [-0.25, -0.2) is 5.43 Å². The van der Waals surface area contributed by atoms with Crippen LogP contribution in [0.15, 0.2) is 47.6 Å². The Hall–Kier alpha value is -2.53. The van der Waals surface area contributed by atoms with Gasteiger partial charge in [0.05, 0.1) is 18.3 Å². The Morgan fingerprint density at radius 3 is 2.78 bits per heavy atom. The topological polar surface area (TPSA) is 59.9 Å². The third kappa shape index (κ3) is 5.00. The minimum atomic E-state index is -0.375. The number of rotatable bonds is 6. The van der Waals surface area contributed by atoms with Crippen LogP contribution in [0.25, 0.3) is 0 Å². The fourth-order valence-electron chi connectivity index (χ4n) is 1.83. The molecule has 0 saturated heterocycles. The first-order valence-electron chi connectivity index (χ1n) is 6.94. The van der Waals surface area contributed by atoms with Gasteiger partial charge in [0.25, 0.3) is 5.91 Å². The van der Waals surface area contributed by atoms with Crippen molar-refractivity contribution in [3.8, 4) is 11.5 Å². The smallest absolute Gasteiger partial charge is 0.277 e. The van der Waals surface area contributed by atoms with E-state index in [1.165, 1.54) is 6.21 Å². The molecule has 6 heteroatoms. The minimum absolute atomic E-state index is 0.168. The molecule has 0 saturated carbocycles. The predicted molar refractivity (Wildman–Crippen MR) is 90.4 cm³/mol. The Kier molecular flexibility index (Phi) is 6.00. The van der Waals surface area contributed by atoms with Crippen LogP contribution in [0.5, 0.6) is 11.5 Å². The highest BCUT2D eigenvalue weighted by Gasteiger charge is 2.04. The molecule has 0 unspecified atom stereocenters. The zero-order valence-electron chi connectivity index (χ0n) is 12.9. The molecule has 0 fully saturated rings. The monoisotopic (exact) mass is 332 g/mol. The molecule has 2 aromatic rings. The first kappa shape index (κ1) is 16.8. The fourth-order valence-corrected chi connectivity index (χ4v) is 2.02. The largest absolute Gasteiger partial charge is 0.496 e. The lowest BCUT2D eigenvalue weighted by Crippen LogP contribution is -2.24. The van der Waals surface area contributed by atoms with Gasteiger partial charge in [-0.15, -0.1) is 0 Å². The molecule has 0 heterocycles. The van der Waals surface area contributed by atoms with E-state index in [1.807, 2.05) is 25.1 Å². The van der Waals surface area contributed by atoms with Gasteiger partial charge < -0.3 is 9.47 Å². The van der Waals surface area contributed by atoms with E-state index < -0.39 is 0 Å². The lowest BCUT2D eigenvalue weighted by Gasteiger charge is -2.06. The Morgan fingerprint density at radius 2 is 2.04 bits per heavy atom. The van der Waals surface area contributed by atoms with Crippen LogP contribution in [0.4, 0.5) is 0 Å². The molecule has 5 nitrogen and oxygen atoms in total. The number of hydrazone groups is 1. The molecule has 0 aromatic heterocycles. The fraction of sp³-hybridized carbons (Fsp3) is 0.176. The van der Waals surface area contributed by atoms with E-state index in [0.717, 1.165) is 16.9 Å². The number of hydrogen-bond acceptors (Lipinski definition) is 4. The molecule has 0 bridgehead atoms. The van der Waals surface area contributed by atoms with Gasteiger partial charge in [0.15, 0.2) is 6.61 Å². The molecule has 23 heavy (non-hydrogen) atoms. The zero-order valence-corrected chi connectivity index (χ0v) is 13.6. The summed E-state index contributed by atoms with van der Waals surface area (Å²) in [6.45, 7) is 1.78. The third-order valence-electron chi connectivity index (χ3n) is 3.03. The summed E-state index contributed by atoms with van der Waals surface area (Å²) >= 11 is 5.94. The number of halogens is 1. The highest BCUT2D eigenvalue weighted by atomic mass is 35.5. The van der Waals surface area contributed by atoms with Gasteiger partial charge in [0.1, 0.15) is 11.5 Å². The van der Waals surface area contributed by atoms with Crippen molar-refractivity contribution in [2.45, 2.75) is 6.92 Å². The summed E-state index contributed by atoms with van der Waals surface area (Å²) in [5, 5.41) is 4.34. The van der Waals surface area contributed by atoms with Crippen molar-refractivity contribution in [1.82, 2.24) is 5.43 Å². The molecule has 0 spiro atoms. The van der Waals surface area contributed by atoms with Gasteiger partial charge in [-0.2, -0.15) is 5.10 Å². The molecule has 0 aliphatic carbocycles. The van der Waals surface area contributed by atoms with Gasteiger partial charge in [-0.3, -0.25) is 4.79 Å². The van der Waals surface area contributed by atoms with Crippen LogP contribution in [0.3, 0.4) is 0 Å². The molecule has 2 rings (SSSR count). The van der Waals surface area contributed by atoms with E-state index in [-0.39, 0.29) is 12.5 Å². The first-order valence-corrected chi connectivity index (χ1v) is 7.32. The Bertz CT molecular complexity index is 717. The third-order valence-corrected chi connectivity index (χ3v) is 3.34. The van der Waals surface area contributed by atoms with Crippen LogP contribution in [0.1, 0.15) is 11.1 Å². The number of benzene rings is 2. The average Bonchev–Trinajstić information content (AvgIpc) is 2.55. The number of methoxy groups -OCH3 is 1. The number of nitrogens with one attached hydrogen (secondary N) is 1. The highest BCUT2D eigenvalue weighted by Crippen LogP contribution is 2.22. The second-order valence-corrected chi connectivity index (χ2v) is 5.15. The summed E-state index contributed by atoms with van der Waals surface area (Å²) in [6, 6.07) is 12.6. The van der Waals surface area contributed by atoms with Gasteiger partial charge in [0, 0.05) is 0 Å². The van der Waals surface area contributed by atoms with Gasteiger partial charge in [0.2, 0.25) is 0 Å². The number of ether oxygens (including phenoxy) is 2. The lowest BCUT2D eigenvalue weighted by molar-refractivity contribution is -0.123. The number of para-hydroxylation sites is 1. The van der Waals surface area contributed by atoms with Crippen molar-refractivity contribution in [1.29, 1.82) is 0 Å². The number of carbonyl (C=O) groups excluding carboxylic acids is 1. The van der Waals surface area contributed by atoms with Crippen molar-refractivity contribution in [2.24, 2.45) is 5.10 Å². The van der Waals surface area contributed by atoms with E-state index in [9.17, 15) is 4.79 Å². The molecular weight excluding hydrogens is 316 g/mol. The van der Waals surface area contributed by atoms with Crippen molar-refractivity contribution in [3.05, 3.63) is 58.6 Å². The van der Waals surface area contributed by atoms with Crippen molar-refractivity contribution in [3.63, 3.8) is 0 Å². The molecule has 0 aliphatic rings. The van der Waals surface area contributed by atoms with Gasteiger partial charge in [-0.1, -0.05) is 35.9 Å². The minimum Gasteiger partial charge on any atom is -0.496 e. The maximum absolute atomic E-state index is 11.7. The predicted octanol–water partition coefficient (Wildman–Crippen LogP) is 3.19. The first-order chi connectivity index (χ1) is 11.1. The number of carbonyl (C=O) groups is 1. The quantitative estimate of drug-likeness (QED) is 0.653. The summed E-state index contributed by atoms with van der Waals surface area (Å²) in [7, 11) is 1.61. The molecule has 0 aliphatic heterocycles. The maximum Gasteiger partial charge on any atom is 0.277 e. The lowest BCUT2D eigenvalue weighted by atomic mass is 10.1. The summed E-state index contributed by atoms with van der Waals surface area (Å²) in [5.41, 5.74) is 4.24. The second kappa shape index (κ2) is 8.19. The number of hydrogen-bond donors (Lipinski definition) is 1. The molecular formula is C17H17ClN2O3. The van der Waals surface area contributed by atoms with E-state index >= 15 is 0 Å². The number of aryl methyl sites for hydroxylation is 1.